The molecule has 1 aromatic heterocycles. The fraction of sp³-hybridized carbons (Fsp3) is 0.375. The van der Waals surface area contributed by atoms with Crippen molar-refractivity contribution in [3.05, 3.63) is 22.4 Å². The summed E-state index contributed by atoms with van der Waals surface area (Å²) in [5, 5.41) is 4.07. The Bertz CT molecular complexity index is 283. The lowest BCUT2D eigenvalue weighted by Crippen LogP contribution is -2.60. The zero-order valence-electron chi connectivity index (χ0n) is 6.56. The predicted octanol–water partition coefficient (Wildman–Crippen LogP) is 0.418. The molecule has 1 saturated heterocycles. The summed E-state index contributed by atoms with van der Waals surface area (Å²) in [6.07, 6.45) is 0. The van der Waals surface area contributed by atoms with Crippen LogP contribution in [0.25, 0.3) is 0 Å². The Kier molecular flexibility index (Phi) is 1.86. The average Bonchev–Trinajstić information content (AvgIpc) is 2.56. The van der Waals surface area contributed by atoms with Crippen LogP contribution in [0.3, 0.4) is 0 Å². The molecule has 4 heteroatoms. The third-order valence-corrected chi connectivity index (χ3v) is 2.73. The first kappa shape index (κ1) is 7.76. The summed E-state index contributed by atoms with van der Waals surface area (Å²) in [5.74, 6) is 0.0706. The second-order valence-electron chi connectivity index (χ2n) is 2.96. The summed E-state index contributed by atoms with van der Waals surface area (Å²) >= 11 is 1.65. The Morgan fingerprint density at radius 1 is 1.75 bits per heavy atom. The number of β-lactam (4-membered cyclic amide) rings is 1. The first-order valence-electron chi connectivity index (χ1n) is 3.83. The molecule has 2 N–H and O–H groups in total. The Labute approximate surface area is 74.8 Å². The maximum absolute atomic E-state index is 11.1. The van der Waals surface area contributed by atoms with E-state index in [0.29, 0.717) is 6.54 Å². The van der Waals surface area contributed by atoms with E-state index >= 15 is 0 Å². The van der Waals surface area contributed by atoms with Crippen LogP contribution in [0.15, 0.2) is 16.8 Å². The molecular weight excluding hydrogens is 172 g/mol. The van der Waals surface area contributed by atoms with Gasteiger partial charge in [-0.2, -0.15) is 11.3 Å². The van der Waals surface area contributed by atoms with Gasteiger partial charge in [0.1, 0.15) is 6.04 Å². The third kappa shape index (κ3) is 1.23. The normalized spacial score (nSPS) is 22.6. The molecule has 0 aromatic carbocycles. The molecule has 0 spiro atoms. The van der Waals surface area contributed by atoms with Gasteiger partial charge in [0, 0.05) is 13.1 Å². The van der Waals surface area contributed by atoms with Crippen LogP contribution in [0.2, 0.25) is 0 Å². The van der Waals surface area contributed by atoms with Gasteiger partial charge in [-0.1, -0.05) is 0 Å². The van der Waals surface area contributed by atoms with Crippen LogP contribution in [0.5, 0.6) is 0 Å². The van der Waals surface area contributed by atoms with Gasteiger partial charge in [-0.25, -0.2) is 0 Å². The molecule has 1 aliphatic heterocycles. The van der Waals surface area contributed by atoms with E-state index in [1.807, 2.05) is 11.4 Å². The number of amides is 1. The highest BCUT2D eigenvalue weighted by Crippen LogP contribution is 2.15. The van der Waals surface area contributed by atoms with Crippen LogP contribution < -0.4 is 5.73 Å². The van der Waals surface area contributed by atoms with Crippen molar-refractivity contribution < 1.29 is 4.79 Å². The van der Waals surface area contributed by atoms with E-state index in [4.69, 9.17) is 5.73 Å². The Morgan fingerprint density at radius 3 is 3.08 bits per heavy atom. The lowest BCUT2D eigenvalue weighted by Gasteiger charge is -2.35. The van der Waals surface area contributed by atoms with Gasteiger partial charge in [0.25, 0.3) is 0 Å². The fourth-order valence-corrected chi connectivity index (χ4v) is 1.93. The molecule has 1 amide bonds. The van der Waals surface area contributed by atoms with Crippen molar-refractivity contribution in [2.24, 2.45) is 5.73 Å². The number of likely N-dealkylation sites (tertiary alicyclic amines) is 1. The van der Waals surface area contributed by atoms with Crippen molar-refractivity contribution in [3.63, 3.8) is 0 Å². The van der Waals surface area contributed by atoms with Gasteiger partial charge in [-0.15, -0.1) is 0 Å². The molecule has 1 aromatic rings. The summed E-state index contributed by atoms with van der Waals surface area (Å²) in [4.78, 5) is 12.9. The van der Waals surface area contributed by atoms with Gasteiger partial charge in [-0.3, -0.25) is 4.79 Å². The monoisotopic (exact) mass is 182 g/mol. The number of hydrogen-bond acceptors (Lipinski definition) is 3. The van der Waals surface area contributed by atoms with Crippen LogP contribution >= 0.6 is 11.3 Å². The molecule has 2 rings (SSSR count). The molecule has 0 bridgehead atoms. The predicted molar refractivity (Wildman–Crippen MR) is 47.7 cm³/mol. The van der Waals surface area contributed by atoms with Gasteiger partial charge in [0.2, 0.25) is 5.91 Å². The topological polar surface area (TPSA) is 46.3 Å². The average molecular weight is 182 g/mol. The summed E-state index contributed by atoms with van der Waals surface area (Å²) in [6.45, 7) is 1.42. The SMILES string of the molecule is NC1CN(Cc2ccsc2)C1=O. The number of rotatable bonds is 2. The second-order valence-corrected chi connectivity index (χ2v) is 3.74. The van der Waals surface area contributed by atoms with Crippen LogP contribution in [-0.4, -0.2) is 23.4 Å². The van der Waals surface area contributed by atoms with Crippen LogP contribution in [0, 0.1) is 0 Å². The summed E-state index contributed by atoms with van der Waals surface area (Å²) < 4.78 is 0. The zero-order valence-corrected chi connectivity index (χ0v) is 7.38. The van der Waals surface area contributed by atoms with Crippen LogP contribution in [0.1, 0.15) is 5.56 Å². The number of carbonyl (C=O) groups excluding carboxylic acids is 1. The molecule has 1 aliphatic rings. The maximum Gasteiger partial charge on any atom is 0.241 e. The first-order chi connectivity index (χ1) is 5.77. The number of thiophene rings is 1. The van der Waals surface area contributed by atoms with E-state index in [9.17, 15) is 4.79 Å². The van der Waals surface area contributed by atoms with E-state index in [-0.39, 0.29) is 11.9 Å². The molecular formula is C8H10N2OS. The standard InChI is InChI=1S/C8H10N2OS/c9-7-4-10(8(7)11)3-6-1-2-12-5-6/h1-2,5,7H,3-4,9H2. The van der Waals surface area contributed by atoms with E-state index in [1.165, 1.54) is 5.56 Å². The number of nitrogens with zero attached hydrogens (tertiary/aromatic N) is 1. The van der Waals surface area contributed by atoms with Gasteiger partial charge in [-0.05, 0) is 22.4 Å². The minimum absolute atomic E-state index is 0.0706. The molecule has 0 saturated carbocycles. The molecule has 1 atom stereocenters. The highest BCUT2D eigenvalue weighted by molar-refractivity contribution is 7.07. The molecule has 0 radical (unpaired) electrons. The Morgan fingerprint density at radius 2 is 2.58 bits per heavy atom. The summed E-state index contributed by atoms with van der Waals surface area (Å²) in [6, 6.07) is 1.78. The molecule has 12 heavy (non-hydrogen) atoms. The summed E-state index contributed by atoms with van der Waals surface area (Å²) in [7, 11) is 0. The summed E-state index contributed by atoms with van der Waals surface area (Å²) in [5.41, 5.74) is 6.65. The van der Waals surface area contributed by atoms with Crippen molar-refractivity contribution in [1.82, 2.24) is 4.90 Å². The number of hydrogen-bond donors (Lipinski definition) is 1. The van der Waals surface area contributed by atoms with Gasteiger partial charge < -0.3 is 10.6 Å². The minimum Gasteiger partial charge on any atom is -0.335 e. The number of nitrogens with two attached hydrogens (primary N) is 1. The van der Waals surface area contributed by atoms with E-state index in [0.717, 1.165) is 6.54 Å². The largest absolute Gasteiger partial charge is 0.335 e. The van der Waals surface area contributed by atoms with Crippen LogP contribution in [0.4, 0.5) is 0 Å². The fourth-order valence-electron chi connectivity index (χ4n) is 1.27. The highest BCUT2D eigenvalue weighted by atomic mass is 32.1. The Hall–Kier alpha value is -0.870. The van der Waals surface area contributed by atoms with Crippen molar-refractivity contribution >= 4 is 17.2 Å². The molecule has 0 aliphatic carbocycles. The van der Waals surface area contributed by atoms with Crippen molar-refractivity contribution in [1.29, 1.82) is 0 Å². The van der Waals surface area contributed by atoms with E-state index < -0.39 is 0 Å². The highest BCUT2D eigenvalue weighted by Gasteiger charge is 2.32. The molecule has 1 unspecified atom stereocenters. The van der Waals surface area contributed by atoms with Gasteiger partial charge >= 0.3 is 0 Å². The lowest BCUT2D eigenvalue weighted by molar-refractivity contribution is -0.143. The Balaban J connectivity index is 1.94. The molecule has 64 valence electrons. The molecule has 3 nitrogen and oxygen atoms in total. The van der Waals surface area contributed by atoms with Crippen molar-refractivity contribution in [3.8, 4) is 0 Å². The number of carbonyl (C=O) groups is 1. The van der Waals surface area contributed by atoms with Gasteiger partial charge in [0.15, 0.2) is 0 Å². The first-order valence-corrected chi connectivity index (χ1v) is 4.77. The second kappa shape index (κ2) is 2.88. The third-order valence-electron chi connectivity index (χ3n) is 2.00. The van der Waals surface area contributed by atoms with Crippen molar-refractivity contribution in [2.75, 3.05) is 6.54 Å². The smallest absolute Gasteiger partial charge is 0.241 e. The molecule has 1 fully saturated rings. The zero-order chi connectivity index (χ0) is 8.55. The minimum atomic E-state index is -0.247. The lowest BCUT2D eigenvalue weighted by atomic mass is 10.1. The quantitative estimate of drug-likeness (QED) is 0.674. The molecule has 2 heterocycles. The van der Waals surface area contributed by atoms with Crippen molar-refractivity contribution in [2.45, 2.75) is 12.6 Å². The van der Waals surface area contributed by atoms with E-state index in [2.05, 4.69) is 5.38 Å². The maximum atomic E-state index is 11.1. The van der Waals surface area contributed by atoms with E-state index in [1.54, 1.807) is 16.2 Å². The van der Waals surface area contributed by atoms with Gasteiger partial charge in [0.05, 0.1) is 0 Å². The van der Waals surface area contributed by atoms with Crippen LogP contribution in [-0.2, 0) is 11.3 Å².